The summed E-state index contributed by atoms with van der Waals surface area (Å²) in [6.07, 6.45) is 1.55. The van der Waals surface area contributed by atoms with Gasteiger partial charge in [-0.15, -0.1) is 4.98 Å². The first-order valence-corrected chi connectivity index (χ1v) is 5.79. The number of aromatic nitrogens is 1. The zero-order valence-electron chi connectivity index (χ0n) is 9.45. The van der Waals surface area contributed by atoms with E-state index in [1.807, 2.05) is 0 Å². The molecular weight excluding hydrogens is 271 g/mol. The molecule has 1 heterocycles. The number of ether oxygens (including phenoxy) is 1. The molecule has 0 aliphatic heterocycles. The molecule has 2 rings (SSSR count). The van der Waals surface area contributed by atoms with Crippen molar-refractivity contribution in [3.8, 4) is 16.9 Å². The molecule has 2 aromatic rings. The molecule has 0 amide bonds. The average molecular weight is 279 g/mol. The van der Waals surface area contributed by atoms with E-state index < -0.39 is 0 Å². The number of hydrogen-bond acceptors (Lipinski definition) is 2. The van der Waals surface area contributed by atoms with Gasteiger partial charge in [0.25, 0.3) is 5.82 Å². The molecule has 0 saturated heterocycles. The van der Waals surface area contributed by atoms with Crippen molar-refractivity contribution in [2.24, 2.45) is 0 Å². The highest BCUT2D eigenvalue weighted by atomic mass is 35.5. The van der Waals surface area contributed by atoms with Crippen molar-refractivity contribution in [1.82, 2.24) is 4.98 Å². The highest BCUT2D eigenvalue weighted by molar-refractivity contribution is 6.44. The molecule has 90 valence electrons. The van der Waals surface area contributed by atoms with E-state index in [2.05, 4.69) is 9.83 Å². The van der Waals surface area contributed by atoms with Gasteiger partial charge in [-0.3, -0.25) is 0 Å². The van der Waals surface area contributed by atoms with E-state index in [9.17, 15) is 0 Å². The lowest BCUT2D eigenvalue weighted by atomic mass is 10.1. The van der Waals surface area contributed by atoms with Crippen LogP contribution in [0.1, 0.15) is 0 Å². The average Bonchev–Trinajstić information content (AvgIpc) is 2.41. The largest absolute Gasteiger partial charge is 0.496 e. The van der Waals surface area contributed by atoms with Crippen molar-refractivity contribution >= 4 is 29.0 Å². The lowest BCUT2D eigenvalue weighted by Gasteiger charge is -2.11. The molecule has 0 radical (unpaired) electrons. The predicted octanol–water partition coefficient (Wildman–Crippen LogP) is 4.61. The minimum Gasteiger partial charge on any atom is -0.496 e. The highest BCUT2D eigenvalue weighted by Crippen LogP contribution is 2.41. The minimum atomic E-state index is 0.297. The second-order valence-electron chi connectivity index (χ2n) is 3.45. The van der Waals surface area contributed by atoms with Crippen LogP contribution in [0.3, 0.4) is 0 Å². The van der Waals surface area contributed by atoms with Crippen molar-refractivity contribution in [3.05, 3.63) is 51.9 Å². The zero-order chi connectivity index (χ0) is 13.1. The Kier molecular flexibility index (Phi) is 3.71. The number of benzene rings is 1. The first kappa shape index (κ1) is 12.7. The summed E-state index contributed by atoms with van der Waals surface area (Å²) < 4.78 is 5.27. The summed E-state index contributed by atoms with van der Waals surface area (Å²) in [5, 5.41) is 0.840. The van der Waals surface area contributed by atoms with Crippen molar-refractivity contribution in [2.75, 3.05) is 7.11 Å². The van der Waals surface area contributed by atoms with E-state index in [-0.39, 0.29) is 0 Å². The number of methoxy groups -OCH3 is 1. The van der Waals surface area contributed by atoms with E-state index in [0.717, 1.165) is 5.56 Å². The van der Waals surface area contributed by atoms with E-state index in [1.165, 1.54) is 0 Å². The third-order valence-corrected chi connectivity index (χ3v) is 3.23. The standard InChI is InChI=1S/C13H8Cl2N2O/c1-16-11-7-8(5-6-17-11)12-10(18-2)4-3-9(14)13(12)15/h3-7H,2H3. The molecule has 0 atom stereocenters. The second-order valence-corrected chi connectivity index (χ2v) is 4.24. The van der Waals surface area contributed by atoms with Crippen molar-refractivity contribution in [3.63, 3.8) is 0 Å². The molecule has 0 aliphatic carbocycles. The Balaban J connectivity index is 2.69. The predicted molar refractivity (Wildman–Crippen MR) is 72.5 cm³/mol. The third-order valence-electron chi connectivity index (χ3n) is 2.43. The summed E-state index contributed by atoms with van der Waals surface area (Å²) in [4.78, 5) is 7.21. The van der Waals surface area contributed by atoms with E-state index in [1.54, 1.807) is 37.6 Å². The molecule has 3 nitrogen and oxygen atoms in total. The second kappa shape index (κ2) is 5.26. The van der Waals surface area contributed by atoms with Crippen LogP contribution in [0.2, 0.25) is 10.0 Å². The molecule has 1 aromatic carbocycles. The van der Waals surface area contributed by atoms with Gasteiger partial charge in [-0.25, -0.2) is 0 Å². The monoisotopic (exact) mass is 278 g/mol. The highest BCUT2D eigenvalue weighted by Gasteiger charge is 2.14. The summed E-state index contributed by atoms with van der Waals surface area (Å²) in [5.41, 5.74) is 1.42. The number of halogens is 2. The molecule has 0 unspecified atom stereocenters. The Morgan fingerprint density at radius 2 is 2.06 bits per heavy atom. The number of hydrogen-bond donors (Lipinski definition) is 0. The van der Waals surface area contributed by atoms with Crippen molar-refractivity contribution in [1.29, 1.82) is 0 Å². The van der Waals surface area contributed by atoms with Crippen LogP contribution in [0, 0.1) is 6.57 Å². The molecule has 0 aliphatic rings. The lowest BCUT2D eigenvalue weighted by Crippen LogP contribution is -1.90. The van der Waals surface area contributed by atoms with E-state index >= 15 is 0 Å². The van der Waals surface area contributed by atoms with Crippen LogP contribution >= 0.6 is 23.2 Å². The molecule has 0 bridgehead atoms. The molecule has 0 spiro atoms. The quantitative estimate of drug-likeness (QED) is 0.750. The minimum absolute atomic E-state index is 0.297. The van der Waals surface area contributed by atoms with E-state index in [4.69, 9.17) is 34.5 Å². The Morgan fingerprint density at radius 1 is 1.28 bits per heavy atom. The van der Waals surface area contributed by atoms with Crippen LogP contribution in [-0.4, -0.2) is 12.1 Å². The third kappa shape index (κ3) is 2.26. The van der Waals surface area contributed by atoms with Crippen LogP contribution in [0.15, 0.2) is 30.5 Å². The van der Waals surface area contributed by atoms with Gasteiger partial charge in [0.05, 0.1) is 17.2 Å². The SMILES string of the molecule is [C-]#[N+]c1cc(-c2c(OC)ccc(Cl)c2Cl)ccn1. The summed E-state index contributed by atoms with van der Waals surface area (Å²) >= 11 is 12.2. The van der Waals surface area contributed by atoms with Gasteiger partial charge in [0.15, 0.2) is 0 Å². The fourth-order valence-electron chi connectivity index (χ4n) is 1.61. The van der Waals surface area contributed by atoms with Crippen LogP contribution in [0.4, 0.5) is 5.82 Å². The maximum Gasteiger partial charge on any atom is 0.270 e. The fourth-order valence-corrected chi connectivity index (χ4v) is 2.03. The van der Waals surface area contributed by atoms with Gasteiger partial charge in [0.2, 0.25) is 0 Å². The molecular formula is C13H8Cl2N2O. The molecule has 0 N–H and O–H groups in total. The van der Waals surface area contributed by atoms with E-state index in [0.29, 0.717) is 27.2 Å². The Hall–Kier alpha value is -1.76. The lowest BCUT2D eigenvalue weighted by molar-refractivity contribution is 0.416. The van der Waals surface area contributed by atoms with Crippen molar-refractivity contribution in [2.45, 2.75) is 0 Å². The normalized spacial score (nSPS) is 9.89. The molecule has 1 aromatic heterocycles. The van der Waals surface area contributed by atoms with Crippen LogP contribution < -0.4 is 4.74 Å². The maximum atomic E-state index is 6.97. The molecule has 5 heteroatoms. The first-order chi connectivity index (χ1) is 8.67. The summed E-state index contributed by atoms with van der Waals surface area (Å²) in [7, 11) is 1.56. The molecule has 18 heavy (non-hydrogen) atoms. The topological polar surface area (TPSA) is 26.5 Å². The smallest absolute Gasteiger partial charge is 0.270 e. The fraction of sp³-hybridized carbons (Fsp3) is 0.0769. The summed E-state index contributed by atoms with van der Waals surface area (Å²) in [6, 6.07) is 6.81. The van der Waals surface area contributed by atoms with Gasteiger partial charge in [-0.05, 0) is 29.8 Å². The van der Waals surface area contributed by atoms with Gasteiger partial charge < -0.3 is 9.58 Å². The first-order valence-electron chi connectivity index (χ1n) is 5.03. The van der Waals surface area contributed by atoms with Crippen LogP contribution in [0.25, 0.3) is 16.0 Å². The summed E-state index contributed by atoms with van der Waals surface area (Å²) in [5.74, 6) is 0.900. The number of rotatable bonds is 2. The zero-order valence-corrected chi connectivity index (χ0v) is 11.0. The van der Waals surface area contributed by atoms with Crippen molar-refractivity contribution < 1.29 is 4.74 Å². The van der Waals surface area contributed by atoms with Gasteiger partial charge in [-0.1, -0.05) is 29.8 Å². The van der Waals surface area contributed by atoms with Gasteiger partial charge in [0.1, 0.15) is 11.9 Å². The molecule has 0 fully saturated rings. The molecule has 0 saturated carbocycles. The van der Waals surface area contributed by atoms with Gasteiger partial charge >= 0.3 is 0 Å². The maximum absolute atomic E-state index is 6.97. The number of nitrogens with zero attached hydrogens (tertiary/aromatic N) is 2. The number of pyridine rings is 1. The Morgan fingerprint density at radius 3 is 2.72 bits per heavy atom. The Bertz CT molecular complexity index is 635. The van der Waals surface area contributed by atoms with Gasteiger partial charge in [0, 0.05) is 5.56 Å². The Labute approximate surface area is 115 Å². The summed E-state index contributed by atoms with van der Waals surface area (Å²) in [6.45, 7) is 6.97. The van der Waals surface area contributed by atoms with Crippen LogP contribution in [-0.2, 0) is 0 Å². The van der Waals surface area contributed by atoms with Gasteiger partial charge in [-0.2, -0.15) is 0 Å². The van der Waals surface area contributed by atoms with Crippen LogP contribution in [0.5, 0.6) is 5.75 Å².